The van der Waals surface area contributed by atoms with E-state index in [2.05, 4.69) is 9.47 Å². The van der Waals surface area contributed by atoms with E-state index in [4.69, 9.17) is 5.11 Å². The van der Waals surface area contributed by atoms with Crippen molar-refractivity contribution in [3.8, 4) is 0 Å². The van der Waals surface area contributed by atoms with E-state index in [0.29, 0.717) is 0 Å². The Hall–Kier alpha value is -0.00377. The van der Waals surface area contributed by atoms with Crippen LogP contribution in [0.5, 0.6) is 0 Å². The molecule has 0 atom stereocenters. The van der Waals surface area contributed by atoms with E-state index >= 15 is 0 Å². The van der Waals surface area contributed by atoms with Gasteiger partial charge in [-0.3, -0.25) is 0 Å². The molecule has 9 heavy (non-hydrogen) atoms. The first kappa shape index (κ1) is 11.8. The van der Waals surface area contributed by atoms with E-state index in [9.17, 15) is 4.79 Å². The summed E-state index contributed by atoms with van der Waals surface area (Å²) in [4.78, 5) is 10.0. The smallest absolute Gasteiger partial charge is 1.00 e. The molecule has 0 aliphatic rings. The van der Waals surface area contributed by atoms with Crippen molar-refractivity contribution >= 4 is 29.2 Å². The predicted molar refractivity (Wildman–Crippen MR) is 33.4 cm³/mol. The molecule has 0 aromatic carbocycles. The van der Waals surface area contributed by atoms with Crippen LogP contribution in [-0.4, -0.2) is 54.6 Å². The molecular formula is C4H10MgO4. The minimum atomic E-state index is -0.765. The van der Waals surface area contributed by atoms with Gasteiger partial charge in [-0.1, -0.05) is 0 Å². The SMILES string of the molecule is COC(=O)OCCO.[H-].[H-].[Mg+2]. The largest absolute Gasteiger partial charge is 2.00 e. The molecule has 0 aliphatic heterocycles. The summed E-state index contributed by atoms with van der Waals surface area (Å²) >= 11 is 0. The Balaban J connectivity index is -0.0000000817. The van der Waals surface area contributed by atoms with Crippen molar-refractivity contribution < 1.29 is 22.2 Å². The number of hydrogen-bond acceptors (Lipinski definition) is 4. The van der Waals surface area contributed by atoms with Crippen molar-refractivity contribution in [2.24, 2.45) is 0 Å². The molecule has 0 aromatic heterocycles. The molecule has 0 saturated carbocycles. The van der Waals surface area contributed by atoms with Crippen molar-refractivity contribution in [1.29, 1.82) is 0 Å². The predicted octanol–water partition coefficient (Wildman–Crippen LogP) is -0.394. The van der Waals surface area contributed by atoms with Gasteiger partial charge in [0, 0.05) is 0 Å². The van der Waals surface area contributed by atoms with Crippen molar-refractivity contribution in [3.05, 3.63) is 0 Å². The van der Waals surface area contributed by atoms with Gasteiger partial charge in [0.2, 0.25) is 0 Å². The number of aliphatic hydroxyl groups excluding tert-OH is 1. The molecule has 4 nitrogen and oxygen atoms in total. The third-order valence-corrected chi connectivity index (χ3v) is 0.478. The van der Waals surface area contributed by atoms with E-state index in [1.165, 1.54) is 7.11 Å². The topological polar surface area (TPSA) is 55.8 Å². The van der Waals surface area contributed by atoms with Crippen LogP contribution in [0.4, 0.5) is 4.79 Å². The molecule has 0 bridgehead atoms. The third-order valence-electron chi connectivity index (χ3n) is 0.478. The third kappa shape index (κ3) is 8.00. The minimum absolute atomic E-state index is 0. The van der Waals surface area contributed by atoms with Crippen LogP contribution in [0.3, 0.4) is 0 Å². The molecule has 0 fully saturated rings. The van der Waals surface area contributed by atoms with Gasteiger partial charge in [-0.2, -0.15) is 0 Å². The summed E-state index contributed by atoms with van der Waals surface area (Å²) in [5, 5.41) is 8.08. The molecule has 0 spiro atoms. The van der Waals surface area contributed by atoms with Crippen molar-refractivity contribution in [2.45, 2.75) is 0 Å². The van der Waals surface area contributed by atoms with Gasteiger partial charge in [-0.15, -0.1) is 0 Å². The fourth-order valence-electron chi connectivity index (χ4n) is 0.188. The second kappa shape index (κ2) is 8.00. The van der Waals surface area contributed by atoms with Crippen LogP contribution in [0, 0.1) is 0 Å². The van der Waals surface area contributed by atoms with E-state index in [1.54, 1.807) is 0 Å². The molecule has 0 saturated heterocycles. The van der Waals surface area contributed by atoms with E-state index in [-0.39, 0.29) is 39.1 Å². The number of aliphatic hydroxyl groups is 1. The normalized spacial score (nSPS) is 7.33. The summed E-state index contributed by atoms with van der Waals surface area (Å²) in [7, 11) is 1.21. The van der Waals surface area contributed by atoms with Gasteiger partial charge in [-0.05, 0) is 0 Å². The number of methoxy groups -OCH3 is 1. The average Bonchev–Trinajstić information content (AvgIpc) is 1.83. The van der Waals surface area contributed by atoms with Gasteiger partial charge in [-0.25, -0.2) is 4.79 Å². The fraction of sp³-hybridized carbons (Fsp3) is 0.750. The summed E-state index contributed by atoms with van der Waals surface area (Å²) in [6.07, 6.45) is -0.765. The summed E-state index contributed by atoms with van der Waals surface area (Å²) in [6, 6.07) is 0. The summed E-state index contributed by atoms with van der Waals surface area (Å²) < 4.78 is 8.31. The average molecular weight is 146 g/mol. The first-order valence-corrected chi connectivity index (χ1v) is 2.13. The summed E-state index contributed by atoms with van der Waals surface area (Å²) in [5.74, 6) is 0. The number of rotatable bonds is 2. The maximum Gasteiger partial charge on any atom is 2.00 e. The Morgan fingerprint density at radius 2 is 2.33 bits per heavy atom. The fourth-order valence-corrected chi connectivity index (χ4v) is 0.188. The summed E-state index contributed by atoms with van der Waals surface area (Å²) in [5.41, 5.74) is 0. The molecule has 52 valence electrons. The van der Waals surface area contributed by atoms with Crippen LogP contribution in [0.2, 0.25) is 0 Å². The maximum atomic E-state index is 10.0. The zero-order valence-electron chi connectivity index (χ0n) is 7.29. The van der Waals surface area contributed by atoms with Gasteiger partial charge in [0.15, 0.2) is 0 Å². The van der Waals surface area contributed by atoms with E-state index < -0.39 is 6.16 Å². The van der Waals surface area contributed by atoms with Gasteiger partial charge in [0.25, 0.3) is 0 Å². The van der Waals surface area contributed by atoms with E-state index in [0.717, 1.165) is 0 Å². The van der Waals surface area contributed by atoms with Gasteiger partial charge in [0.1, 0.15) is 6.61 Å². The van der Waals surface area contributed by atoms with Crippen molar-refractivity contribution in [3.63, 3.8) is 0 Å². The molecule has 0 heterocycles. The zero-order chi connectivity index (χ0) is 6.41. The van der Waals surface area contributed by atoms with E-state index in [1.807, 2.05) is 0 Å². The van der Waals surface area contributed by atoms with Crippen LogP contribution >= 0.6 is 0 Å². The Bertz CT molecular complexity index is 82.5. The molecule has 0 aromatic rings. The molecular weight excluding hydrogens is 136 g/mol. The summed E-state index contributed by atoms with van der Waals surface area (Å²) in [6.45, 7) is -0.179. The van der Waals surface area contributed by atoms with Crippen LogP contribution < -0.4 is 0 Å². The van der Waals surface area contributed by atoms with Crippen LogP contribution in [0.25, 0.3) is 0 Å². The quantitative estimate of drug-likeness (QED) is 0.426. The van der Waals surface area contributed by atoms with Crippen molar-refractivity contribution in [2.75, 3.05) is 20.3 Å². The van der Waals surface area contributed by atoms with Gasteiger partial charge >= 0.3 is 29.2 Å². The second-order valence-corrected chi connectivity index (χ2v) is 1.03. The zero-order valence-corrected chi connectivity index (χ0v) is 6.71. The molecule has 0 radical (unpaired) electrons. The first-order chi connectivity index (χ1) is 3.81. The Morgan fingerprint density at radius 1 is 1.78 bits per heavy atom. The van der Waals surface area contributed by atoms with Crippen LogP contribution in [0.1, 0.15) is 2.85 Å². The van der Waals surface area contributed by atoms with Crippen molar-refractivity contribution in [1.82, 2.24) is 0 Å². The molecule has 0 aliphatic carbocycles. The number of carbonyl (C=O) groups excluding carboxylic acids is 1. The van der Waals surface area contributed by atoms with Crippen LogP contribution in [0.15, 0.2) is 0 Å². The number of ether oxygens (including phenoxy) is 2. The number of carbonyl (C=O) groups is 1. The molecule has 0 amide bonds. The van der Waals surface area contributed by atoms with Gasteiger partial charge < -0.3 is 17.4 Å². The molecule has 0 rings (SSSR count). The Labute approximate surface area is 72.3 Å². The van der Waals surface area contributed by atoms with Crippen LogP contribution in [-0.2, 0) is 9.47 Å². The monoisotopic (exact) mass is 146 g/mol. The Kier molecular flexibility index (Phi) is 10.4. The first-order valence-electron chi connectivity index (χ1n) is 2.13. The molecule has 0 unspecified atom stereocenters. The Morgan fingerprint density at radius 3 is 2.67 bits per heavy atom. The number of hydrogen-bond donors (Lipinski definition) is 1. The molecule has 1 N–H and O–H groups in total. The minimum Gasteiger partial charge on any atom is -1.00 e. The van der Waals surface area contributed by atoms with Gasteiger partial charge in [0.05, 0.1) is 13.7 Å². The second-order valence-electron chi connectivity index (χ2n) is 1.03. The standard InChI is InChI=1S/C4H8O4.Mg.2H/c1-7-4(6)8-3-2-5;;;/h5H,2-3H2,1H3;;;/q;+2;2*-1. The molecule has 5 heteroatoms. The maximum absolute atomic E-state index is 10.0.